The Morgan fingerprint density at radius 3 is 2.81 bits per heavy atom. The molecule has 0 amide bonds. The summed E-state index contributed by atoms with van der Waals surface area (Å²) in [4.78, 5) is 11.3. The quantitative estimate of drug-likeness (QED) is 0.775. The van der Waals surface area contributed by atoms with Gasteiger partial charge in [-0.05, 0) is 30.9 Å². The number of benzene rings is 1. The Bertz CT molecular complexity index is 893. The van der Waals surface area contributed by atoms with Gasteiger partial charge in [-0.25, -0.2) is 9.50 Å². The molecule has 5 rings (SSSR count). The number of rotatable bonds is 3. The third-order valence-corrected chi connectivity index (χ3v) is 6.37. The highest BCUT2D eigenvalue weighted by atomic mass is 16.3. The summed E-state index contributed by atoms with van der Waals surface area (Å²) in [6.45, 7) is 1.57. The lowest BCUT2D eigenvalue weighted by Gasteiger charge is -2.52. The predicted octanol–water partition coefficient (Wildman–Crippen LogP) is 2.78. The normalized spacial score (nSPS) is 28.9. The van der Waals surface area contributed by atoms with Crippen molar-refractivity contribution in [2.24, 2.45) is 5.92 Å². The molecule has 1 aliphatic carbocycles. The van der Waals surface area contributed by atoms with E-state index in [1.807, 2.05) is 30.5 Å². The van der Waals surface area contributed by atoms with Crippen LogP contribution >= 0.6 is 0 Å². The summed E-state index contributed by atoms with van der Waals surface area (Å²) in [5, 5.41) is 16.2. The average molecular weight is 363 g/mol. The SMILES string of the molecule is O[C@]1(c2ccccc2)CCN(Cc2nc3ncccn3n2)[C@H]2CCCC[C@H]21. The molecule has 0 unspecified atom stereocenters. The topological polar surface area (TPSA) is 66.5 Å². The first-order chi connectivity index (χ1) is 13.2. The van der Waals surface area contributed by atoms with Gasteiger partial charge in [0.25, 0.3) is 5.78 Å². The first-order valence-electron chi connectivity index (χ1n) is 9.92. The molecule has 3 atom stereocenters. The van der Waals surface area contributed by atoms with Gasteiger partial charge in [0.15, 0.2) is 5.82 Å². The maximum absolute atomic E-state index is 11.7. The van der Waals surface area contributed by atoms with E-state index in [0.29, 0.717) is 11.8 Å². The molecule has 0 bridgehead atoms. The fraction of sp³-hybridized carbons (Fsp3) is 0.476. The Morgan fingerprint density at radius 1 is 1.11 bits per heavy atom. The lowest BCUT2D eigenvalue weighted by Crippen LogP contribution is -2.57. The van der Waals surface area contributed by atoms with Crippen molar-refractivity contribution in [3.8, 4) is 0 Å². The molecule has 0 radical (unpaired) electrons. The summed E-state index contributed by atoms with van der Waals surface area (Å²) >= 11 is 0. The van der Waals surface area contributed by atoms with Crippen LogP contribution in [0.1, 0.15) is 43.5 Å². The molecule has 0 spiro atoms. The molecule has 3 heterocycles. The van der Waals surface area contributed by atoms with Gasteiger partial charge in [0.05, 0.1) is 12.1 Å². The number of piperidine rings is 1. The van der Waals surface area contributed by atoms with E-state index in [1.165, 1.54) is 12.8 Å². The van der Waals surface area contributed by atoms with Crippen molar-refractivity contribution in [1.29, 1.82) is 0 Å². The zero-order chi connectivity index (χ0) is 18.3. The van der Waals surface area contributed by atoms with Gasteiger partial charge in [0.2, 0.25) is 0 Å². The second kappa shape index (κ2) is 6.69. The molecule has 140 valence electrons. The van der Waals surface area contributed by atoms with Gasteiger partial charge < -0.3 is 5.11 Å². The lowest BCUT2D eigenvalue weighted by molar-refractivity contribution is -0.123. The Balaban J connectivity index is 1.42. The summed E-state index contributed by atoms with van der Waals surface area (Å²) in [5.41, 5.74) is 0.341. The zero-order valence-corrected chi connectivity index (χ0v) is 15.4. The lowest BCUT2D eigenvalue weighted by atomic mass is 9.66. The van der Waals surface area contributed by atoms with Gasteiger partial charge >= 0.3 is 0 Å². The van der Waals surface area contributed by atoms with Crippen molar-refractivity contribution in [3.63, 3.8) is 0 Å². The maximum Gasteiger partial charge on any atom is 0.252 e. The van der Waals surface area contributed by atoms with E-state index in [4.69, 9.17) is 0 Å². The molecule has 1 aromatic carbocycles. The van der Waals surface area contributed by atoms with Gasteiger partial charge in [0, 0.05) is 30.9 Å². The van der Waals surface area contributed by atoms with Crippen LogP contribution in [0.5, 0.6) is 0 Å². The fourth-order valence-corrected chi connectivity index (χ4v) is 5.08. The molecule has 1 N–H and O–H groups in total. The smallest absolute Gasteiger partial charge is 0.252 e. The molecule has 1 saturated carbocycles. The largest absolute Gasteiger partial charge is 0.385 e. The van der Waals surface area contributed by atoms with Crippen molar-refractivity contribution in [2.75, 3.05) is 6.54 Å². The minimum absolute atomic E-state index is 0.262. The number of aliphatic hydroxyl groups is 1. The van der Waals surface area contributed by atoms with Crippen LogP contribution in [0.4, 0.5) is 0 Å². The van der Waals surface area contributed by atoms with Crippen LogP contribution in [0, 0.1) is 5.92 Å². The highest BCUT2D eigenvalue weighted by Gasteiger charge is 2.49. The summed E-state index contributed by atoms with van der Waals surface area (Å²) in [7, 11) is 0. The molecule has 6 nitrogen and oxygen atoms in total. The molecule has 6 heteroatoms. The van der Waals surface area contributed by atoms with Crippen LogP contribution in [0.3, 0.4) is 0 Å². The van der Waals surface area contributed by atoms with Crippen LogP contribution in [0.25, 0.3) is 5.78 Å². The Hall–Kier alpha value is -2.31. The summed E-state index contributed by atoms with van der Waals surface area (Å²) in [5.74, 6) is 1.71. The third kappa shape index (κ3) is 2.93. The average Bonchev–Trinajstić information content (AvgIpc) is 3.13. The van der Waals surface area contributed by atoms with Crippen LogP contribution < -0.4 is 0 Å². The predicted molar refractivity (Wildman–Crippen MR) is 102 cm³/mol. The molecule has 2 aliphatic rings. The number of fused-ring (bicyclic) bond motifs is 2. The summed E-state index contributed by atoms with van der Waals surface area (Å²) in [6, 6.07) is 12.5. The monoisotopic (exact) mass is 363 g/mol. The number of nitrogens with zero attached hydrogens (tertiary/aromatic N) is 5. The van der Waals surface area contributed by atoms with E-state index in [0.717, 1.165) is 43.7 Å². The Labute approximate surface area is 158 Å². The first kappa shape index (κ1) is 16.8. The summed E-state index contributed by atoms with van der Waals surface area (Å²) < 4.78 is 1.73. The van der Waals surface area contributed by atoms with Crippen LogP contribution in [0.2, 0.25) is 0 Å². The minimum Gasteiger partial charge on any atom is -0.385 e. The van der Waals surface area contributed by atoms with Crippen LogP contribution in [-0.4, -0.2) is 42.2 Å². The van der Waals surface area contributed by atoms with Gasteiger partial charge in [-0.1, -0.05) is 43.2 Å². The number of likely N-dealkylation sites (tertiary alicyclic amines) is 1. The van der Waals surface area contributed by atoms with Gasteiger partial charge in [-0.15, -0.1) is 5.10 Å². The van der Waals surface area contributed by atoms with Crippen molar-refractivity contribution >= 4 is 5.78 Å². The molecule has 2 fully saturated rings. The Morgan fingerprint density at radius 2 is 1.96 bits per heavy atom. The first-order valence-corrected chi connectivity index (χ1v) is 9.92. The minimum atomic E-state index is -0.725. The number of aromatic nitrogens is 4. The standard InChI is InChI=1S/C21H25N5O/c27-21(16-7-2-1-3-8-16)11-14-25(18-10-5-4-9-17(18)21)15-19-23-20-22-12-6-13-26(20)24-19/h1-3,6-8,12-13,17-18,27H,4-5,9-11,14-15H2/t17-,18+,21+/m1/s1. The van der Waals surface area contributed by atoms with Gasteiger partial charge in [-0.2, -0.15) is 4.98 Å². The van der Waals surface area contributed by atoms with Crippen LogP contribution in [-0.2, 0) is 12.1 Å². The number of hydrogen-bond acceptors (Lipinski definition) is 5. The second-order valence-electron chi connectivity index (χ2n) is 7.86. The fourth-order valence-electron chi connectivity index (χ4n) is 5.08. The highest BCUT2D eigenvalue weighted by Crippen LogP contribution is 2.47. The van der Waals surface area contributed by atoms with E-state index < -0.39 is 5.60 Å². The number of hydrogen-bond donors (Lipinski definition) is 1. The maximum atomic E-state index is 11.7. The van der Waals surface area contributed by atoms with Crippen molar-refractivity contribution in [2.45, 2.75) is 50.3 Å². The molecule has 1 aliphatic heterocycles. The molecule has 2 aromatic heterocycles. The van der Waals surface area contributed by atoms with Gasteiger partial charge in [-0.3, -0.25) is 4.90 Å². The molecule has 27 heavy (non-hydrogen) atoms. The van der Waals surface area contributed by atoms with Crippen molar-refractivity contribution < 1.29 is 5.11 Å². The molecule has 1 saturated heterocycles. The van der Waals surface area contributed by atoms with Crippen LogP contribution in [0.15, 0.2) is 48.8 Å². The molecular weight excluding hydrogens is 338 g/mol. The second-order valence-corrected chi connectivity index (χ2v) is 7.86. The summed E-state index contributed by atoms with van der Waals surface area (Å²) in [6.07, 6.45) is 9.00. The van der Waals surface area contributed by atoms with E-state index in [9.17, 15) is 5.11 Å². The van der Waals surface area contributed by atoms with Gasteiger partial charge in [0.1, 0.15) is 0 Å². The molecular formula is C21H25N5O. The van der Waals surface area contributed by atoms with Crippen molar-refractivity contribution in [1.82, 2.24) is 24.5 Å². The van der Waals surface area contributed by atoms with Crippen molar-refractivity contribution in [3.05, 3.63) is 60.2 Å². The van der Waals surface area contributed by atoms with E-state index in [-0.39, 0.29) is 5.92 Å². The zero-order valence-electron chi connectivity index (χ0n) is 15.4. The van der Waals surface area contributed by atoms with E-state index in [1.54, 1.807) is 10.7 Å². The van der Waals surface area contributed by atoms with E-state index in [2.05, 4.69) is 32.1 Å². The van der Waals surface area contributed by atoms with E-state index >= 15 is 0 Å². The Kier molecular flexibility index (Phi) is 4.17. The molecule has 3 aromatic rings. The third-order valence-electron chi connectivity index (χ3n) is 6.37. The highest BCUT2D eigenvalue weighted by molar-refractivity contribution is 5.27.